The van der Waals surface area contributed by atoms with Gasteiger partial charge >= 0.3 is 6.01 Å². The summed E-state index contributed by atoms with van der Waals surface area (Å²) in [4.78, 5) is 18.2. The molecule has 2 atom stereocenters. The van der Waals surface area contributed by atoms with Crippen LogP contribution in [0.15, 0.2) is 18.2 Å². The van der Waals surface area contributed by atoms with Crippen LogP contribution in [-0.2, 0) is 12.8 Å². The Morgan fingerprint density at radius 2 is 2.11 bits per heavy atom. The van der Waals surface area contributed by atoms with E-state index in [-0.39, 0.29) is 25.0 Å². The molecule has 2 fully saturated rings. The molecule has 8 nitrogen and oxygen atoms in total. The molecule has 0 saturated carbocycles. The minimum Gasteiger partial charge on any atom is -0.462 e. The van der Waals surface area contributed by atoms with Crippen molar-refractivity contribution in [2.24, 2.45) is 0 Å². The number of nitrogens with one attached hydrogen (secondary N) is 1. The van der Waals surface area contributed by atoms with Gasteiger partial charge in [-0.25, -0.2) is 13.8 Å². The van der Waals surface area contributed by atoms with Crippen molar-refractivity contribution in [3.63, 3.8) is 0 Å². The van der Waals surface area contributed by atoms with E-state index in [0.29, 0.717) is 49.5 Å². The Balaban J connectivity index is 1.34. The number of halogens is 2. The van der Waals surface area contributed by atoms with Crippen LogP contribution in [0, 0.1) is 0 Å². The van der Waals surface area contributed by atoms with Crippen molar-refractivity contribution in [1.29, 1.82) is 0 Å². The monoisotopic (exact) mass is 529 g/mol. The Morgan fingerprint density at radius 1 is 1.22 bits per heavy atom. The van der Waals surface area contributed by atoms with E-state index in [0.717, 1.165) is 52.8 Å². The fourth-order valence-corrected chi connectivity index (χ4v) is 6.69. The number of nitrogen functional groups attached to an aromatic ring is 1. The molecule has 3 aliphatic rings. The lowest BCUT2D eigenvalue weighted by atomic mass is 9.82. The number of hydrogen-bond acceptors (Lipinski definition) is 9. The van der Waals surface area contributed by atoms with Crippen LogP contribution in [0.1, 0.15) is 42.0 Å². The highest BCUT2D eigenvalue weighted by atomic mass is 32.1. The average molecular weight is 530 g/mol. The van der Waals surface area contributed by atoms with Crippen molar-refractivity contribution in [3.05, 3.63) is 35.0 Å². The molecule has 11 heteroatoms. The molecule has 3 N–H and O–H groups in total. The van der Waals surface area contributed by atoms with E-state index in [4.69, 9.17) is 20.4 Å². The summed E-state index contributed by atoms with van der Waals surface area (Å²) < 4.78 is 36.3. The standard InChI is InChI=1S/C26H33F2N7OS/c1-34-10-3-4-17(34)13-36-25-31-20-12-16(18-5-2-6-21-22(18)32-24(29)37-21)7-8-19(20)23(33-25)35-11-9-30-14-26(27,28)15-35/h2,5-6,16-17,30H,3-4,7-15H2,1H3,(H2,29,32)/t16?,17-/m0/s1. The Kier molecular flexibility index (Phi) is 6.62. The van der Waals surface area contributed by atoms with Gasteiger partial charge in [-0.3, -0.25) is 0 Å². The van der Waals surface area contributed by atoms with Crippen molar-refractivity contribution < 1.29 is 13.5 Å². The van der Waals surface area contributed by atoms with Gasteiger partial charge in [-0.1, -0.05) is 23.5 Å². The maximum Gasteiger partial charge on any atom is 0.318 e. The number of aromatic nitrogens is 3. The maximum atomic E-state index is 14.6. The molecule has 0 amide bonds. The summed E-state index contributed by atoms with van der Waals surface area (Å²) in [6.45, 7) is 1.80. The van der Waals surface area contributed by atoms with E-state index >= 15 is 0 Å². The SMILES string of the molecule is CN1CCC[C@H]1COc1nc2c(c(N3CCNCC(F)(F)C3)n1)CCC(c1cccc3sc(N)nc13)C2. The zero-order chi connectivity index (χ0) is 25.6. The van der Waals surface area contributed by atoms with Crippen LogP contribution < -0.4 is 20.7 Å². The second kappa shape index (κ2) is 9.92. The fourth-order valence-electron chi connectivity index (χ4n) is 5.92. The molecule has 1 aliphatic carbocycles. The van der Waals surface area contributed by atoms with Gasteiger partial charge in [0.2, 0.25) is 0 Å². The van der Waals surface area contributed by atoms with E-state index in [1.165, 1.54) is 11.3 Å². The normalized spacial score (nSPS) is 24.2. The molecule has 0 spiro atoms. The molecule has 1 aromatic carbocycles. The number of alkyl halides is 2. The van der Waals surface area contributed by atoms with Gasteiger partial charge in [0.05, 0.1) is 29.0 Å². The van der Waals surface area contributed by atoms with E-state index in [9.17, 15) is 8.78 Å². The van der Waals surface area contributed by atoms with Crippen molar-refractivity contribution >= 4 is 32.5 Å². The molecule has 0 radical (unpaired) electrons. The highest BCUT2D eigenvalue weighted by Gasteiger charge is 2.37. The summed E-state index contributed by atoms with van der Waals surface area (Å²) in [6, 6.07) is 6.81. The number of anilines is 2. The van der Waals surface area contributed by atoms with Gasteiger partial charge in [-0.15, -0.1) is 0 Å². The summed E-state index contributed by atoms with van der Waals surface area (Å²) in [5.41, 5.74) is 9.97. The van der Waals surface area contributed by atoms with Crippen LogP contribution in [0.4, 0.5) is 19.7 Å². The van der Waals surface area contributed by atoms with Gasteiger partial charge in [0.1, 0.15) is 12.4 Å². The third-order valence-electron chi connectivity index (χ3n) is 7.88. The van der Waals surface area contributed by atoms with Gasteiger partial charge in [0.15, 0.2) is 5.13 Å². The number of thiazole rings is 1. The van der Waals surface area contributed by atoms with E-state index < -0.39 is 5.92 Å². The number of nitrogens with zero attached hydrogens (tertiary/aromatic N) is 5. The minimum absolute atomic E-state index is 0.210. The molecule has 2 aromatic heterocycles. The lowest BCUT2D eigenvalue weighted by Crippen LogP contribution is -2.39. The molecule has 2 aliphatic heterocycles. The number of likely N-dealkylation sites (N-methyl/N-ethyl adjacent to an activating group) is 1. The molecule has 37 heavy (non-hydrogen) atoms. The summed E-state index contributed by atoms with van der Waals surface area (Å²) in [5.74, 6) is -2.03. The summed E-state index contributed by atoms with van der Waals surface area (Å²) in [7, 11) is 2.10. The molecule has 2 saturated heterocycles. The smallest absolute Gasteiger partial charge is 0.318 e. The number of nitrogens with two attached hydrogens (primary N) is 1. The minimum atomic E-state index is -2.83. The van der Waals surface area contributed by atoms with Gasteiger partial charge in [0, 0.05) is 24.7 Å². The third-order valence-corrected chi connectivity index (χ3v) is 8.73. The molecule has 4 heterocycles. The predicted molar refractivity (Wildman–Crippen MR) is 142 cm³/mol. The second-order valence-electron chi connectivity index (χ2n) is 10.5. The average Bonchev–Trinajstić information content (AvgIpc) is 3.41. The van der Waals surface area contributed by atoms with Crippen LogP contribution in [0.2, 0.25) is 0 Å². The van der Waals surface area contributed by atoms with Crippen LogP contribution in [0.5, 0.6) is 6.01 Å². The molecule has 0 bridgehead atoms. The first kappa shape index (κ1) is 24.7. The number of para-hydroxylation sites is 1. The number of fused-ring (bicyclic) bond motifs is 2. The lowest BCUT2D eigenvalue weighted by molar-refractivity contribution is 0.0155. The number of rotatable bonds is 5. The van der Waals surface area contributed by atoms with Crippen LogP contribution in [-0.4, -0.2) is 78.2 Å². The largest absolute Gasteiger partial charge is 0.462 e. The quantitative estimate of drug-likeness (QED) is 0.519. The number of likely N-dealkylation sites (tertiary alicyclic amines) is 1. The third kappa shape index (κ3) is 5.08. The summed E-state index contributed by atoms with van der Waals surface area (Å²) in [6.07, 6.45) is 4.48. The van der Waals surface area contributed by atoms with Crippen LogP contribution >= 0.6 is 11.3 Å². The van der Waals surface area contributed by atoms with Crippen LogP contribution in [0.25, 0.3) is 10.2 Å². The van der Waals surface area contributed by atoms with Gasteiger partial charge in [0.25, 0.3) is 5.92 Å². The Hall–Kier alpha value is -2.63. The lowest BCUT2D eigenvalue weighted by Gasteiger charge is -2.31. The van der Waals surface area contributed by atoms with Crippen molar-refractivity contribution in [2.45, 2.75) is 50.0 Å². The van der Waals surface area contributed by atoms with Gasteiger partial charge in [-0.2, -0.15) is 9.97 Å². The van der Waals surface area contributed by atoms with Crippen LogP contribution in [0.3, 0.4) is 0 Å². The zero-order valence-electron chi connectivity index (χ0n) is 21.1. The Bertz CT molecular complexity index is 1290. The number of benzene rings is 1. The second-order valence-corrected chi connectivity index (χ2v) is 11.5. The summed E-state index contributed by atoms with van der Waals surface area (Å²) >= 11 is 1.49. The maximum absolute atomic E-state index is 14.6. The highest BCUT2D eigenvalue weighted by molar-refractivity contribution is 7.22. The first-order valence-corrected chi connectivity index (χ1v) is 13.9. The molecule has 3 aromatic rings. The molecule has 6 rings (SSSR count). The van der Waals surface area contributed by atoms with Gasteiger partial charge in [-0.05, 0) is 63.2 Å². The Labute approximate surface area is 219 Å². The highest BCUT2D eigenvalue weighted by Crippen LogP contribution is 2.40. The first-order valence-electron chi connectivity index (χ1n) is 13.1. The predicted octanol–water partition coefficient (Wildman–Crippen LogP) is 3.46. The van der Waals surface area contributed by atoms with Crippen molar-refractivity contribution in [3.8, 4) is 6.01 Å². The zero-order valence-corrected chi connectivity index (χ0v) is 21.9. The summed E-state index contributed by atoms with van der Waals surface area (Å²) in [5, 5.41) is 3.42. The molecular formula is C26H33F2N7OS. The molecule has 198 valence electrons. The van der Waals surface area contributed by atoms with E-state index in [1.807, 2.05) is 6.07 Å². The van der Waals surface area contributed by atoms with E-state index in [1.54, 1.807) is 4.90 Å². The number of ether oxygens (including phenoxy) is 1. The molecular weight excluding hydrogens is 496 g/mol. The topological polar surface area (TPSA) is 92.4 Å². The van der Waals surface area contributed by atoms with Crippen molar-refractivity contribution in [2.75, 3.05) is 57.0 Å². The Morgan fingerprint density at radius 3 is 2.95 bits per heavy atom. The number of hydrogen-bond donors (Lipinski definition) is 2. The fraction of sp³-hybridized carbons (Fsp3) is 0.577. The molecule has 1 unspecified atom stereocenters. The first-order chi connectivity index (χ1) is 17.9. The van der Waals surface area contributed by atoms with Gasteiger partial charge < -0.3 is 25.6 Å². The van der Waals surface area contributed by atoms with Crippen molar-refractivity contribution in [1.82, 2.24) is 25.2 Å². The van der Waals surface area contributed by atoms with E-state index in [2.05, 4.69) is 34.4 Å².